The second-order valence-corrected chi connectivity index (χ2v) is 19.3. The minimum Gasteiger partial charge on any atom is -0.497 e. The maximum atomic E-state index is 12.4. The molecule has 4 aliphatic heterocycles. The number of carbonyl (C=O) groups excluding carboxylic acids is 3. The zero-order valence-corrected chi connectivity index (χ0v) is 39.4. The average Bonchev–Trinajstić information content (AvgIpc) is 3.89. The van der Waals surface area contributed by atoms with Gasteiger partial charge in [-0.3, -0.25) is 4.79 Å². The van der Waals surface area contributed by atoms with Crippen LogP contribution in [0.4, 0.5) is 9.59 Å². The summed E-state index contributed by atoms with van der Waals surface area (Å²) in [5, 5.41) is 9.97. The maximum absolute atomic E-state index is 12.4. The number of primary amides is 1. The summed E-state index contributed by atoms with van der Waals surface area (Å²) in [6, 6.07) is 14.7. The molecular weight excluding hydrogens is 859 g/mol. The number of amides is 3. The monoisotopic (exact) mass is 928 g/mol. The second kappa shape index (κ2) is 20.6. The Morgan fingerprint density at radius 3 is 1.30 bits per heavy atom. The number of aromatic carboxylic acids is 1. The summed E-state index contributed by atoms with van der Waals surface area (Å²) in [5.74, 6) is 2.45. The van der Waals surface area contributed by atoms with Crippen molar-refractivity contribution < 1.29 is 43.2 Å². The fourth-order valence-electron chi connectivity index (χ4n) is 9.45. The van der Waals surface area contributed by atoms with Gasteiger partial charge in [0, 0.05) is 62.2 Å². The predicted molar refractivity (Wildman–Crippen MR) is 255 cm³/mol. The molecule has 0 saturated carbocycles. The van der Waals surface area contributed by atoms with Crippen LogP contribution in [0.3, 0.4) is 0 Å². The Labute approximate surface area is 393 Å². The van der Waals surface area contributed by atoms with Crippen molar-refractivity contribution in [1.29, 1.82) is 0 Å². The number of nitrogens with one attached hydrogen (secondary N) is 2. The normalized spacial score (nSPS) is 18.6. The molecule has 0 spiro atoms. The topological polar surface area (TPSA) is 218 Å². The van der Waals surface area contributed by atoms with Crippen LogP contribution in [0.5, 0.6) is 11.5 Å². The first-order valence-electron chi connectivity index (χ1n) is 22.9. The van der Waals surface area contributed by atoms with E-state index in [1.54, 1.807) is 45.5 Å². The van der Waals surface area contributed by atoms with Gasteiger partial charge in [0.05, 0.1) is 14.2 Å². The Balaban J connectivity index is 0.000000218. The third-order valence-corrected chi connectivity index (χ3v) is 12.6. The fourth-order valence-corrected chi connectivity index (χ4v) is 9.45. The number of fused-ring (bicyclic) bond motifs is 2. The molecular formula is C49H69N9O9. The summed E-state index contributed by atoms with van der Waals surface area (Å²) < 4.78 is 24.9. The van der Waals surface area contributed by atoms with Gasteiger partial charge >= 0.3 is 18.2 Å². The summed E-state index contributed by atoms with van der Waals surface area (Å²) >= 11 is 0. The van der Waals surface area contributed by atoms with E-state index in [1.165, 1.54) is 0 Å². The third-order valence-electron chi connectivity index (χ3n) is 12.6. The number of carboxylic acid groups (broad SMARTS) is 1. The van der Waals surface area contributed by atoms with Crippen LogP contribution in [0.2, 0.25) is 0 Å². The molecule has 5 N–H and O–H groups in total. The van der Waals surface area contributed by atoms with E-state index in [2.05, 4.69) is 10.9 Å². The van der Waals surface area contributed by atoms with Gasteiger partial charge < -0.3 is 50.4 Å². The lowest BCUT2D eigenvalue weighted by molar-refractivity contribution is 0.0160. The summed E-state index contributed by atoms with van der Waals surface area (Å²) in [6.07, 6.45) is 4.63. The zero-order valence-electron chi connectivity index (χ0n) is 39.4. The van der Waals surface area contributed by atoms with E-state index in [9.17, 15) is 24.3 Å². The van der Waals surface area contributed by atoms with E-state index in [-0.39, 0.29) is 37.1 Å². The molecule has 2 fully saturated rings. The van der Waals surface area contributed by atoms with E-state index in [4.69, 9.17) is 34.6 Å². The lowest BCUT2D eigenvalue weighted by Crippen LogP contribution is -2.43. The smallest absolute Gasteiger partial charge is 0.410 e. The van der Waals surface area contributed by atoms with Crippen LogP contribution in [0, 0.1) is 11.8 Å². The number of benzene rings is 2. The first-order chi connectivity index (χ1) is 31.3. The van der Waals surface area contributed by atoms with Gasteiger partial charge in [-0.2, -0.15) is 0 Å². The number of ether oxygens (including phenoxy) is 4. The van der Waals surface area contributed by atoms with Crippen LogP contribution in [-0.2, 0) is 9.47 Å². The zero-order chi connectivity index (χ0) is 47.5. The van der Waals surface area contributed by atoms with Crippen LogP contribution in [-0.4, -0.2) is 123 Å². The van der Waals surface area contributed by atoms with Gasteiger partial charge in [0.15, 0.2) is 11.4 Å². The number of likely N-dealkylation sites (tertiary alicyclic amines) is 2. The molecule has 4 aliphatic rings. The van der Waals surface area contributed by atoms with E-state index in [0.717, 1.165) is 73.6 Å². The van der Waals surface area contributed by atoms with Crippen LogP contribution in [0.15, 0.2) is 48.5 Å². The van der Waals surface area contributed by atoms with Crippen molar-refractivity contribution >= 4 is 24.1 Å². The van der Waals surface area contributed by atoms with Gasteiger partial charge in [0.25, 0.3) is 5.91 Å². The Kier molecular flexibility index (Phi) is 15.4. The molecule has 8 rings (SSSR count). The SMILES string of the molecule is C.COc1ccc(-c2nc3n(c2C(=O)O)NCCC3C2CCN(C(=O)OC(C)(C)C)CC2)cc1.COc1ccc(-c2nc3n(c2C(N)=O)NCCC3C2CCN(C(=O)OC(C)(C)C)CC2)cc1. The molecule has 18 nitrogen and oxygen atoms in total. The second-order valence-electron chi connectivity index (χ2n) is 19.3. The highest BCUT2D eigenvalue weighted by molar-refractivity contribution is 5.98. The van der Waals surface area contributed by atoms with Crippen molar-refractivity contribution in [2.75, 3.05) is 64.3 Å². The molecule has 0 bridgehead atoms. The lowest BCUT2D eigenvalue weighted by Gasteiger charge is -2.38. The number of imidazole rings is 2. The van der Waals surface area contributed by atoms with Gasteiger partial charge in [-0.05, 0) is 140 Å². The van der Waals surface area contributed by atoms with Crippen molar-refractivity contribution in [1.82, 2.24) is 29.1 Å². The summed E-state index contributed by atoms with van der Waals surface area (Å²) in [6.45, 7) is 15.2. The van der Waals surface area contributed by atoms with Gasteiger partial charge in [-0.15, -0.1) is 0 Å². The van der Waals surface area contributed by atoms with E-state index in [0.29, 0.717) is 67.4 Å². The molecule has 0 aliphatic carbocycles. The number of nitrogens with two attached hydrogens (primary N) is 1. The lowest BCUT2D eigenvalue weighted by atomic mass is 9.81. The fraction of sp³-hybridized carbons (Fsp3) is 0.551. The molecule has 2 aromatic heterocycles. The molecule has 6 heterocycles. The molecule has 2 unspecified atom stereocenters. The molecule has 2 saturated heterocycles. The number of carbonyl (C=O) groups is 4. The highest BCUT2D eigenvalue weighted by Gasteiger charge is 2.39. The van der Waals surface area contributed by atoms with E-state index < -0.39 is 23.1 Å². The van der Waals surface area contributed by atoms with Crippen molar-refractivity contribution in [3.63, 3.8) is 0 Å². The average molecular weight is 928 g/mol. The van der Waals surface area contributed by atoms with Gasteiger partial charge in [-0.25, -0.2) is 33.7 Å². The van der Waals surface area contributed by atoms with E-state index in [1.807, 2.05) is 77.9 Å². The van der Waals surface area contributed by atoms with Crippen molar-refractivity contribution in [3.05, 3.63) is 71.6 Å². The number of carboxylic acids is 1. The Hall–Kier alpha value is -6.46. The van der Waals surface area contributed by atoms with Crippen molar-refractivity contribution in [2.45, 2.75) is 111 Å². The predicted octanol–water partition coefficient (Wildman–Crippen LogP) is 7.91. The van der Waals surface area contributed by atoms with Crippen LogP contribution in [0.1, 0.15) is 132 Å². The Morgan fingerprint density at radius 1 is 0.612 bits per heavy atom. The highest BCUT2D eigenvalue weighted by Crippen LogP contribution is 2.41. The van der Waals surface area contributed by atoms with Crippen LogP contribution >= 0.6 is 0 Å². The number of nitrogens with zero attached hydrogens (tertiary/aromatic N) is 6. The largest absolute Gasteiger partial charge is 0.497 e. The third kappa shape index (κ3) is 11.4. The number of hydrogen-bond acceptors (Lipinski definition) is 12. The molecule has 364 valence electrons. The molecule has 2 aromatic carbocycles. The first kappa shape index (κ1) is 50.0. The van der Waals surface area contributed by atoms with Gasteiger partial charge in [-0.1, -0.05) is 7.43 Å². The van der Waals surface area contributed by atoms with Gasteiger partial charge in [0.2, 0.25) is 0 Å². The van der Waals surface area contributed by atoms with Crippen LogP contribution < -0.4 is 26.1 Å². The van der Waals surface area contributed by atoms with Crippen molar-refractivity contribution in [3.8, 4) is 34.0 Å². The Morgan fingerprint density at radius 2 is 0.970 bits per heavy atom. The minimum absolute atomic E-state index is 0. The minimum atomic E-state index is -1.02. The molecule has 0 radical (unpaired) electrons. The number of methoxy groups -OCH3 is 2. The molecule has 3 amide bonds. The molecule has 18 heteroatoms. The summed E-state index contributed by atoms with van der Waals surface area (Å²) in [7, 11) is 3.21. The Bertz CT molecular complexity index is 2200. The summed E-state index contributed by atoms with van der Waals surface area (Å²) in [4.78, 5) is 62.7. The number of rotatable bonds is 8. The molecule has 67 heavy (non-hydrogen) atoms. The van der Waals surface area contributed by atoms with Gasteiger partial charge in [0.1, 0.15) is 45.7 Å². The first-order valence-corrected chi connectivity index (χ1v) is 22.9. The molecule has 4 aromatic rings. The standard InChI is InChI=1S/C24H33N5O4.C24H32N4O5.CH4/c1-24(2,3)33-23(31)28-13-10-15(11-14-28)18-9-12-26-29-20(21(25)30)19(27-22(18)29)16-5-7-17(32-4)8-6-16;1-24(2,3)33-23(31)27-13-10-15(11-14-27)18-9-12-25-28-20(22(29)30)19(26-21(18)28)16-5-7-17(32-4)8-6-16;/h5-8,15,18,26H,9-14H2,1-4H3,(H2,25,30);5-8,15,18,25H,9-14H2,1-4H3,(H,29,30);1H4. The van der Waals surface area contributed by atoms with Crippen molar-refractivity contribution in [2.24, 2.45) is 17.6 Å². The van der Waals surface area contributed by atoms with Crippen LogP contribution in [0.25, 0.3) is 22.5 Å². The molecule has 2 atom stereocenters. The van der Waals surface area contributed by atoms with E-state index >= 15 is 0 Å². The summed E-state index contributed by atoms with van der Waals surface area (Å²) in [5.41, 5.74) is 14.3. The maximum Gasteiger partial charge on any atom is 0.410 e. The number of piperidine rings is 2. The number of hydrogen-bond donors (Lipinski definition) is 4. The highest BCUT2D eigenvalue weighted by atomic mass is 16.6. The number of aromatic nitrogens is 4. The quantitative estimate of drug-likeness (QED) is 0.132.